The van der Waals surface area contributed by atoms with Crippen molar-refractivity contribution in [1.82, 2.24) is 0 Å². The molecule has 0 aliphatic heterocycles. The third-order valence-corrected chi connectivity index (χ3v) is 3.41. The fraction of sp³-hybridized carbons (Fsp3) is 0.231. The topological polar surface area (TPSA) is 54.4 Å². The molecule has 2 rings (SSSR count). The number of rotatable bonds is 1. The number of carbonyl (C=O) groups is 2. The van der Waals surface area contributed by atoms with Crippen LogP contribution in [-0.4, -0.2) is 22.8 Å². The zero-order valence-corrected chi connectivity index (χ0v) is 10.8. The molecule has 1 aliphatic rings. The minimum Gasteiger partial charge on any atom is -0.384 e. The summed E-state index contributed by atoms with van der Waals surface area (Å²) in [5.74, 6) is -1.28. The molecule has 0 saturated carbocycles. The zero-order chi connectivity index (χ0) is 12.6. The first-order chi connectivity index (χ1) is 8.00. The summed E-state index contributed by atoms with van der Waals surface area (Å²) in [6.07, 6.45) is 0.0256. The highest BCUT2D eigenvalue weighted by Gasteiger charge is 2.34. The van der Waals surface area contributed by atoms with Crippen molar-refractivity contribution in [2.75, 3.05) is 0 Å². The molecule has 0 bridgehead atoms. The lowest BCUT2D eigenvalue weighted by molar-refractivity contribution is -0.132. The average molecular weight is 295 g/mol. The van der Waals surface area contributed by atoms with E-state index in [9.17, 15) is 14.7 Å². The van der Waals surface area contributed by atoms with Gasteiger partial charge in [0.05, 0.1) is 5.92 Å². The van der Waals surface area contributed by atoms with Crippen LogP contribution in [-0.2, 0) is 9.59 Å². The molecule has 0 heterocycles. The van der Waals surface area contributed by atoms with Crippen molar-refractivity contribution < 1.29 is 14.7 Å². The Balaban J connectivity index is 2.45. The van der Waals surface area contributed by atoms with E-state index in [0.29, 0.717) is 11.1 Å². The second kappa shape index (κ2) is 4.55. The van der Waals surface area contributed by atoms with Gasteiger partial charge in [-0.2, -0.15) is 0 Å². The van der Waals surface area contributed by atoms with Crippen LogP contribution < -0.4 is 0 Å². The molecule has 0 aromatic heterocycles. The molecule has 2 atom stereocenters. The Kier molecular flexibility index (Phi) is 3.26. The maximum atomic E-state index is 12.0. The van der Waals surface area contributed by atoms with Gasteiger partial charge in [-0.15, -0.1) is 0 Å². The van der Waals surface area contributed by atoms with Gasteiger partial charge in [-0.05, 0) is 23.8 Å². The van der Waals surface area contributed by atoms with E-state index in [0.717, 1.165) is 4.47 Å². The van der Waals surface area contributed by atoms with E-state index in [2.05, 4.69) is 15.9 Å². The maximum absolute atomic E-state index is 12.0. The van der Waals surface area contributed by atoms with Gasteiger partial charge in [-0.1, -0.05) is 35.0 Å². The van der Waals surface area contributed by atoms with Crippen LogP contribution in [0.15, 0.2) is 34.8 Å². The molecule has 1 aliphatic carbocycles. The summed E-state index contributed by atoms with van der Waals surface area (Å²) in [6, 6.07) is 7.16. The van der Waals surface area contributed by atoms with E-state index in [1.54, 1.807) is 19.1 Å². The van der Waals surface area contributed by atoms with Crippen LogP contribution in [0.2, 0.25) is 0 Å². The highest BCUT2D eigenvalue weighted by molar-refractivity contribution is 9.10. The average Bonchev–Trinajstić information content (AvgIpc) is 2.32. The zero-order valence-electron chi connectivity index (χ0n) is 9.18. The van der Waals surface area contributed by atoms with Crippen LogP contribution in [0, 0.1) is 5.92 Å². The van der Waals surface area contributed by atoms with Crippen molar-refractivity contribution >= 4 is 33.1 Å². The molecule has 17 heavy (non-hydrogen) atoms. The van der Waals surface area contributed by atoms with Crippen molar-refractivity contribution in [3.05, 3.63) is 40.4 Å². The standard InChI is InChI=1S/C13H11BrO3/c1-7-12(16)10(6-11(15)13(7)17)8-2-4-9(14)5-3-8/h2-7,13,17H,1H3/t7-,13-/m1/s1. The van der Waals surface area contributed by atoms with Crippen LogP contribution in [0.5, 0.6) is 0 Å². The summed E-state index contributed by atoms with van der Waals surface area (Å²) in [7, 11) is 0. The molecule has 0 unspecified atom stereocenters. The number of allylic oxidation sites excluding steroid dienone is 1. The molecular weight excluding hydrogens is 284 g/mol. The minimum atomic E-state index is -1.21. The van der Waals surface area contributed by atoms with Crippen LogP contribution in [0.25, 0.3) is 5.57 Å². The predicted molar refractivity (Wildman–Crippen MR) is 67.3 cm³/mol. The van der Waals surface area contributed by atoms with Crippen LogP contribution in [0.1, 0.15) is 12.5 Å². The van der Waals surface area contributed by atoms with Crippen LogP contribution in [0.3, 0.4) is 0 Å². The van der Waals surface area contributed by atoms with Gasteiger partial charge in [-0.25, -0.2) is 0 Å². The quantitative estimate of drug-likeness (QED) is 0.862. The molecule has 4 heteroatoms. The summed E-state index contributed by atoms with van der Waals surface area (Å²) in [4.78, 5) is 23.5. The summed E-state index contributed by atoms with van der Waals surface area (Å²) in [5.41, 5.74) is 1.07. The monoisotopic (exact) mass is 294 g/mol. The van der Waals surface area contributed by atoms with E-state index < -0.39 is 17.8 Å². The van der Waals surface area contributed by atoms with Crippen molar-refractivity contribution in [2.45, 2.75) is 13.0 Å². The summed E-state index contributed by atoms with van der Waals surface area (Å²) >= 11 is 3.31. The molecule has 1 aromatic rings. The first-order valence-electron chi connectivity index (χ1n) is 5.24. The second-order valence-electron chi connectivity index (χ2n) is 4.07. The Morgan fingerprint density at radius 2 is 1.76 bits per heavy atom. The normalized spacial score (nSPS) is 24.8. The minimum absolute atomic E-state index is 0.195. The number of halogens is 1. The molecule has 1 aromatic carbocycles. The van der Waals surface area contributed by atoms with Gasteiger partial charge in [-0.3, -0.25) is 9.59 Å². The first-order valence-corrected chi connectivity index (χ1v) is 6.04. The lowest BCUT2D eigenvalue weighted by Gasteiger charge is -2.22. The van der Waals surface area contributed by atoms with E-state index >= 15 is 0 Å². The van der Waals surface area contributed by atoms with Gasteiger partial charge >= 0.3 is 0 Å². The SMILES string of the molecule is C[C@@H]1C(=O)C(c2ccc(Br)cc2)=CC(=O)[C@@H]1O. The molecule has 0 spiro atoms. The molecule has 3 nitrogen and oxygen atoms in total. The van der Waals surface area contributed by atoms with Gasteiger partial charge in [0.2, 0.25) is 0 Å². The van der Waals surface area contributed by atoms with Gasteiger partial charge in [0.1, 0.15) is 6.10 Å². The lowest BCUT2D eigenvalue weighted by Crippen LogP contribution is -2.36. The molecular formula is C13H11BrO3. The Morgan fingerprint density at radius 3 is 2.35 bits per heavy atom. The predicted octanol–water partition coefficient (Wildman–Crippen LogP) is 1.98. The van der Waals surface area contributed by atoms with Crippen molar-refractivity contribution in [1.29, 1.82) is 0 Å². The number of aliphatic hydroxyl groups is 1. The van der Waals surface area contributed by atoms with Gasteiger partial charge in [0.15, 0.2) is 11.6 Å². The Hall–Kier alpha value is -1.26. The molecule has 0 amide bonds. The summed E-state index contributed by atoms with van der Waals surface area (Å²) < 4.78 is 0.907. The number of Topliss-reactive ketones (excluding diaryl/α,β-unsaturated/α-hetero) is 1. The van der Waals surface area contributed by atoms with Crippen molar-refractivity contribution in [2.24, 2.45) is 5.92 Å². The fourth-order valence-corrected chi connectivity index (χ4v) is 2.05. The number of carbonyl (C=O) groups excluding carboxylic acids is 2. The largest absolute Gasteiger partial charge is 0.384 e. The molecule has 88 valence electrons. The highest BCUT2D eigenvalue weighted by atomic mass is 79.9. The Bertz CT molecular complexity index is 502. The van der Waals surface area contributed by atoms with Gasteiger partial charge in [0.25, 0.3) is 0 Å². The first kappa shape index (κ1) is 12.2. The Morgan fingerprint density at radius 1 is 1.18 bits per heavy atom. The van der Waals surface area contributed by atoms with Gasteiger partial charge in [0, 0.05) is 10.0 Å². The van der Waals surface area contributed by atoms with Crippen molar-refractivity contribution in [3.8, 4) is 0 Å². The van der Waals surface area contributed by atoms with E-state index in [-0.39, 0.29) is 5.78 Å². The lowest BCUT2D eigenvalue weighted by atomic mass is 9.83. The summed E-state index contributed by atoms with van der Waals surface area (Å²) in [5, 5.41) is 9.50. The molecule has 0 fully saturated rings. The van der Waals surface area contributed by atoms with Crippen molar-refractivity contribution in [3.63, 3.8) is 0 Å². The molecule has 0 radical (unpaired) electrons. The number of hydrogen-bond donors (Lipinski definition) is 1. The summed E-state index contributed by atoms with van der Waals surface area (Å²) in [6.45, 7) is 1.57. The fourth-order valence-electron chi connectivity index (χ4n) is 1.79. The number of hydrogen-bond acceptors (Lipinski definition) is 3. The Labute approximate surface area is 107 Å². The second-order valence-corrected chi connectivity index (χ2v) is 4.98. The van der Waals surface area contributed by atoms with E-state index in [1.165, 1.54) is 6.08 Å². The highest BCUT2D eigenvalue weighted by Crippen LogP contribution is 2.27. The number of aliphatic hydroxyl groups excluding tert-OH is 1. The molecule has 0 saturated heterocycles. The third-order valence-electron chi connectivity index (χ3n) is 2.89. The smallest absolute Gasteiger partial charge is 0.185 e. The van der Waals surface area contributed by atoms with E-state index in [1.807, 2.05) is 12.1 Å². The van der Waals surface area contributed by atoms with Crippen LogP contribution >= 0.6 is 15.9 Å². The van der Waals surface area contributed by atoms with E-state index in [4.69, 9.17) is 0 Å². The van der Waals surface area contributed by atoms with Crippen LogP contribution in [0.4, 0.5) is 0 Å². The third kappa shape index (κ3) is 2.23. The maximum Gasteiger partial charge on any atom is 0.185 e. The number of ketones is 2. The molecule has 1 N–H and O–H groups in total. The van der Waals surface area contributed by atoms with Gasteiger partial charge < -0.3 is 5.11 Å². The number of benzene rings is 1.